The quantitative estimate of drug-likeness (QED) is 0.323. The summed E-state index contributed by atoms with van der Waals surface area (Å²) in [6.07, 6.45) is 4.56. The molecule has 1 amide bonds. The molecule has 0 saturated heterocycles. The SMILES string of the molecule is CC(=O)NC1CCc2cc(Nc3nc(N(N)/C=C\N)ccc3[NH2+]O)ccc21. The topological polar surface area (TPSA) is 146 Å². The number of carbonyl (C=O) groups excluding carboxylic acids is 1. The molecule has 0 bridgehead atoms. The lowest BCUT2D eigenvalue weighted by molar-refractivity contribution is -0.825. The predicted molar refractivity (Wildman–Crippen MR) is 102 cm³/mol. The lowest BCUT2D eigenvalue weighted by Gasteiger charge is -2.16. The molecule has 1 heterocycles. The van der Waals surface area contributed by atoms with E-state index in [1.165, 1.54) is 29.9 Å². The van der Waals surface area contributed by atoms with Crippen LogP contribution in [0.15, 0.2) is 42.7 Å². The van der Waals surface area contributed by atoms with Gasteiger partial charge < -0.3 is 16.4 Å². The predicted octanol–water partition coefficient (Wildman–Crippen LogP) is 0.643. The van der Waals surface area contributed by atoms with Gasteiger partial charge in [0, 0.05) is 31.1 Å². The van der Waals surface area contributed by atoms with Gasteiger partial charge in [-0.2, -0.15) is 5.48 Å². The Morgan fingerprint density at radius 1 is 1.41 bits per heavy atom. The number of rotatable bonds is 6. The van der Waals surface area contributed by atoms with Crippen LogP contribution < -0.4 is 32.7 Å². The summed E-state index contributed by atoms with van der Waals surface area (Å²) in [4.78, 5) is 15.8. The molecule has 9 heteroatoms. The first kappa shape index (κ1) is 18.6. The smallest absolute Gasteiger partial charge is 0.217 e. The molecule has 0 fully saturated rings. The van der Waals surface area contributed by atoms with E-state index in [9.17, 15) is 10.0 Å². The Morgan fingerprint density at radius 3 is 2.93 bits per heavy atom. The fraction of sp³-hybridized carbons (Fsp3) is 0.222. The normalized spacial score (nSPS) is 15.6. The molecule has 1 aromatic carbocycles. The zero-order valence-corrected chi connectivity index (χ0v) is 15.0. The standard InChI is InChI=1S/C18H23N7O2/c1-11(26)21-15-5-2-12-10-13(3-4-14(12)15)22-18-16(24-27)6-7-17(23-18)25(20)9-8-19/h3-4,6-10,15,24,27H,2,5,19-20H2,1H3,(H,21,26)(H,22,23)/p+1/b9-8-. The van der Waals surface area contributed by atoms with Gasteiger partial charge in [0.2, 0.25) is 11.6 Å². The van der Waals surface area contributed by atoms with Crippen LogP contribution in [-0.4, -0.2) is 16.1 Å². The van der Waals surface area contributed by atoms with Crippen molar-refractivity contribution in [3.05, 3.63) is 53.9 Å². The van der Waals surface area contributed by atoms with Gasteiger partial charge in [-0.05, 0) is 42.2 Å². The maximum Gasteiger partial charge on any atom is 0.217 e. The lowest BCUT2D eigenvalue weighted by Crippen LogP contribution is -2.74. The molecule has 0 aliphatic heterocycles. The summed E-state index contributed by atoms with van der Waals surface area (Å²) < 4.78 is 0. The van der Waals surface area contributed by atoms with Crippen LogP contribution in [0.3, 0.4) is 0 Å². The van der Waals surface area contributed by atoms with Crippen LogP contribution in [0.2, 0.25) is 0 Å². The maximum atomic E-state index is 11.3. The summed E-state index contributed by atoms with van der Waals surface area (Å²) >= 11 is 0. The number of aryl methyl sites for hydroxylation is 1. The van der Waals surface area contributed by atoms with E-state index in [1.807, 2.05) is 18.2 Å². The van der Waals surface area contributed by atoms with Crippen molar-refractivity contribution in [2.75, 3.05) is 10.3 Å². The number of nitrogens with two attached hydrogens (primary N) is 3. The average molecular weight is 370 g/mol. The number of carbonyl (C=O) groups is 1. The average Bonchev–Trinajstić information content (AvgIpc) is 3.03. The third-order valence-electron chi connectivity index (χ3n) is 4.42. The molecule has 1 aromatic heterocycles. The number of hydrogen-bond acceptors (Lipinski definition) is 7. The number of amides is 1. The Morgan fingerprint density at radius 2 is 2.22 bits per heavy atom. The highest BCUT2D eigenvalue weighted by Crippen LogP contribution is 2.34. The van der Waals surface area contributed by atoms with Crippen LogP contribution in [0.25, 0.3) is 0 Å². The second kappa shape index (κ2) is 8.04. The first-order chi connectivity index (χ1) is 13.0. The number of benzene rings is 1. The van der Waals surface area contributed by atoms with Crippen LogP contribution >= 0.6 is 0 Å². The molecule has 0 radical (unpaired) electrons. The van der Waals surface area contributed by atoms with Crippen LogP contribution in [0.4, 0.5) is 23.0 Å². The molecule has 0 saturated carbocycles. The molecule has 9 N–H and O–H groups in total. The molecular weight excluding hydrogens is 346 g/mol. The highest BCUT2D eigenvalue weighted by molar-refractivity contribution is 5.74. The molecule has 1 aliphatic rings. The van der Waals surface area contributed by atoms with Crippen molar-refractivity contribution in [1.29, 1.82) is 0 Å². The van der Waals surface area contributed by atoms with Crippen molar-refractivity contribution in [3.8, 4) is 0 Å². The van der Waals surface area contributed by atoms with Gasteiger partial charge >= 0.3 is 0 Å². The van der Waals surface area contributed by atoms with E-state index in [0.29, 0.717) is 17.3 Å². The minimum Gasteiger partial charge on any atom is -0.403 e. The van der Waals surface area contributed by atoms with Gasteiger partial charge in [-0.15, -0.1) is 0 Å². The molecule has 2 aromatic rings. The fourth-order valence-electron chi connectivity index (χ4n) is 3.20. The van der Waals surface area contributed by atoms with E-state index in [-0.39, 0.29) is 11.9 Å². The zero-order chi connectivity index (χ0) is 19.4. The molecule has 1 atom stereocenters. The minimum absolute atomic E-state index is 0.0305. The van der Waals surface area contributed by atoms with Crippen LogP contribution in [0, 0.1) is 0 Å². The summed E-state index contributed by atoms with van der Waals surface area (Å²) in [5.41, 5.74) is 10.0. The van der Waals surface area contributed by atoms with Crippen molar-refractivity contribution in [2.45, 2.75) is 25.8 Å². The van der Waals surface area contributed by atoms with E-state index in [2.05, 4.69) is 15.6 Å². The molecule has 9 nitrogen and oxygen atoms in total. The Kier molecular flexibility index (Phi) is 5.55. The Balaban J connectivity index is 1.85. The van der Waals surface area contributed by atoms with E-state index >= 15 is 0 Å². The molecule has 3 rings (SSSR count). The number of quaternary nitrogens is 1. The number of pyridine rings is 1. The third kappa shape index (κ3) is 4.17. The summed E-state index contributed by atoms with van der Waals surface area (Å²) in [5.74, 6) is 6.76. The van der Waals surface area contributed by atoms with Gasteiger partial charge in [-0.25, -0.2) is 16.0 Å². The van der Waals surface area contributed by atoms with Gasteiger partial charge in [-0.1, -0.05) is 6.07 Å². The summed E-state index contributed by atoms with van der Waals surface area (Å²) in [7, 11) is 0. The Bertz CT molecular complexity index is 869. The molecule has 142 valence electrons. The number of nitrogens with one attached hydrogen (secondary N) is 2. The van der Waals surface area contributed by atoms with Gasteiger partial charge in [0.15, 0.2) is 5.82 Å². The fourth-order valence-corrected chi connectivity index (χ4v) is 3.20. The van der Waals surface area contributed by atoms with E-state index < -0.39 is 0 Å². The van der Waals surface area contributed by atoms with Crippen molar-refractivity contribution < 1.29 is 15.5 Å². The van der Waals surface area contributed by atoms with Gasteiger partial charge in [0.05, 0.1) is 6.04 Å². The summed E-state index contributed by atoms with van der Waals surface area (Å²) in [5, 5.41) is 17.0. The van der Waals surface area contributed by atoms with Crippen molar-refractivity contribution in [1.82, 2.24) is 10.3 Å². The van der Waals surface area contributed by atoms with E-state index in [0.717, 1.165) is 29.6 Å². The third-order valence-corrected chi connectivity index (χ3v) is 4.42. The Labute approximate surface area is 157 Å². The second-order valence-corrected chi connectivity index (χ2v) is 6.32. The number of hydrazine groups is 1. The van der Waals surface area contributed by atoms with Crippen LogP contribution in [0.1, 0.15) is 30.5 Å². The largest absolute Gasteiger partial charge is 0.403 e. The Hall–Kier alpha value is -3.14. The number of fused-ring (bicyclic) bond motifs is 1. The van der Waals surface area contributed by atoms with Crippen molar-refractivity contribution in [2.24, 2.45) is 11.6 Å². The number of anilines is 3. The zero-order valence-electron chi connectivity index (χ0n) is 15.0. The summed E-state index contributed by atoms with van der Waals surface area (Å²) in [6, 6.07) is 9.40. The number of hydrogen-bond donors (Lipinski definition) is 6. The molecule has 1 unspecified atom stereocenters. The monoisotopic (exact) mass is 370 g/mol. The highest BCUT2D eigenvalue weighted by atomic mass is 16.5. The van der Waals surface area contributed by atoms with Gasteiger partial charge in [0.1, 0.15) is 5.82 Å². The van der Waals surface area contributed by atoms with Gasteiger partial charge in [0.25, 0.3) is 0 Å². The number of nitrogens with zero attached hydrogens (tertiary/aromatic N) is 2. The first-order valence-electron chi connectivity index (χ1n) is 8.59. The molecule has 27 heavy (non-hydrogen) atoms. The van der Waals surface area contributed by atoms with Gasteiger partial charge in [-0.3, -0.25) is 9.80 Å². The molecular formula is C18H24N7O2+. The molecule has 0 spiro atoms. The molecule has 1 aliphatic carbocycles. The van der Waals surface area contributed by atoms with E-state index in [1.54, 1.807) is 12.1 Å². The van der Waals surface area contributed by atoms with Crippen molar-refractivity contribution in [3.63, 3.8) is 0 Å². The summed E-state index contributed by atoms with van der Waals surface area (Å²) in [6.45, 7) is 1.53. The first-order valence-corrected chi connectivity index (χ1v) is 8.59. The number of aromatic nitrogens is 1. The van der Waals surface area contributed by atoms with Crippen LogP contribution in [-0.2, 0) is 11.2 Å². The maximum absolute atomic E-state index is 11.3. The van der Waals surface area contributed by atoms with E-state index in [4.69, 9.17) is 11.6 Å². The lowest BCUT2D eigenvalue weighted by atomic mass is 10.1. The highest BCUT2D eigenvalue weighted by Gasteiger charge is 2.23. The second-order valence-electron chi connectivity index (χ2n) is 6.32. The van der Waals surface area contributed by atoms with Crippen molar-refractivity contribution >= 4 is 28.9 Å². The van der Waals surface area contributed by atoms with Crippen LogP contribution in [0.5, 0.6) is 0 Å². The minimum atomic E-state index is -0.0305.